The molecule has 1 atom stereocenters. The lowest BCUT2D eigenvalue weighted by molar-refractivity contribution is 0.0398. The summed E-state index contributed by atoms with van der Waals surface area (Å²) in [6, 6.07) is 2.54. The molecule has 5 heteroatoms. The molecule has 0 fully saturated rings. The van der Waals surface area contributed by atoms with Crippen LogP contribution in [0.1, 0.15) is 24.5 Å². The van der Waals surface area contributed by atoms with E-state index in [9.17, 15) is 13.9 Å². The monoisotopic (exact) mass is 273 g/mol. The van der Waals surface area contributed by atoms with E-state index in [0.717, 1.165) is 0 Å². The molecule has 0 aliphatic heterocycles. The van der Waals surface area contributed by atoms with Gasteiger partial charge in [-0.25, -0.2) is 8.78 Å². The Kier molecular flexibility index (Phi) is 5.85. The molecule has 2 N–H and O–H groups in total. The van der Waals surface area contributed by atoms with Gasteiger partial charge < -0.3 is 15.2 Å². The predicted molar refractivity (Wildman–Crippen MR) is 70.0 cm³/mol. The van der Waals surface area contributed by atoms with Crippen molar-refractivity contribution in [2.75, 3.05) is 26.8 Å². The van der Waals surface area contributed by atoms with E-state index in [2.05, 4.69) is 5.32 Å². The molecule has 0 saturated heterocycles. The Balaban J connectivity index is 2.74. The lowest BCUT2D eigenvalue weighted by Gasteiger charge is -2.25. The van der Waals surface area contributed by atoms with Crippen molar-refractivity contribution >= 4 is 0 Å². The third-order valence-electron chi connectivity index (χ3n) is 3.09. The maximum absolute atomic E-state index is 13.9. The number of halogens is 2. The van der Waals surface area contributed by atoms with Crippen LogP contribution < -0.4 is 5.32 Å². The van der Waals surface area contributed by atoms with Gasteiger partial charge in [0.15, 0.2) is 0 Å². The van der Waals surface area contributed by atoms with Crippen LogP contribution in [-0.4, -0.2) is 31.9 Å². The first-order chi connectivity index (χ1) is 8.90. The van der Waals surface area contributed by atoms with E-state index in [1.165, 1.54) is 19.1 Å². The minimum Gasteiger partial charge on any atom is -0.385 e. The third kappa shape index (κ3) is 4.23. The Bertz CT molecular complexity index is 422. The van der Waals surface area contributed by atoms with Crippen LogP contribution in [0, 0.1) is 18.6 Å². The van der Waals surface area contributed by atoms with Gasteiger partial charge in [-0.05, 0) is 38.4 Å². The van der Waals surface area contributed by atoms with Gasteiger partial charge in [-0.15, -0.1) is 0 Å². The van der Waals surface area contributed by atoms with E-state index < -0.39 is 17.2 Å². The van der Waals surface area contributed by atoms with Gasteiger partial charge in [-0.1, -0.05) is 6.07 Å². The second-order valence-corrected chi connectivity index (χ2v) is 4.82. The number of benzene rings is 1. The molecule has 3 nitrogen and oxygen atoms in total. The number of ether oxygens (including phenoxy) is 1. The van der Waals surface area contributed by atoms with Crippen LogP contribution in [0.4, 0.5) is 8.78 Å². The molecule has 1 aromatic carbocycles. The zero-order valence-corrected chi connectivity index (χ0v) is 11.6. The molecule has 0 spiro atoms. The van der Waals surface area contributed by atoms with Gasteiger partial charge in [-0.2, -0.15) is 0 Å². The summed E-state index contributed by atoms with van der Waals surface area (Å²) in [5, 5.41) is 13.3. The first-order valence-corrected chi connectivity index (χ1v) is 6.27. The molecule has 19 heavy (non-hydrogen) atoms. The highest BCUT2D eigenvalue weighted by atomic mass is 19.1. The fourth-order valence-electron chi connectivity index (χ4n) is 1.91. The first kappa shape index (κ1) is 16.0. The lowest BCUT2D eigenvalue weighted by Crippen LogP contribution is -2.31. The highest BCUT2D eigenvalue weighted by Crippen LogP contribution is 2.30. The molecule has 0 amide bonds. The molecule has 1 unspecified atom stereocenters. The molecule has 0 aliphatic carbocycles. The standard InChI is InChI=1S/C14H21F2NO2/c1-10-4-5-11(15)12(13(10)16)14(2,18)6-7-17-8-9-19-3/h4-5,17-18H,6-9H2,1-3H3. The van der Waals surface area contributed by atoms with Crippen molar-refractivity contribution in [3.05, 3.63) is 34.9 Å². The zero-order valence-electron chi connectivity index (χ0n) is 11.6. The van der Waals surface area contributed by atoms with E-state index in [-0.39, 0.29) is 12.0 Å². The van der Waals surface area contributed by atoms with Gasteiger partial charge in [0.25, 0.3) is 0 Å². The Morgan fingerprint density at radius 2 is 2.00 bits per heavy atom. The third-order valence-corrected chi connectivity index (χ3v) is 3.09. The van der Waals surface area contributed by atoms with Gasteiger partial charge in [-0.3, -0.25) is 0 Å². The largest absolute Gasteiger partial charge is 0.385 e. The number of nitrogens with one attached hydrogen (secondary N) is 1. The van der Waals surface area contributed by atoms with Crippen LogP contribution in [-0.2, 0) is 10.3 Å². The topological polar surface area (TPSA) is 41.5 Å². The Morgan fingerprint density at radius 1 is 1.32 bits per heavy atom. The summed E-state index contributed by atoms with van der Waals surface area (Å²) < 4.78 is 32.5. The zero-order chi connectivity index (χ0) is 14.5. The highest BCUT2D eigenvalue weighted by molar-refractivity contribution is 5.30. The van der Waals surface area contributed by atoms with Gasteiger partial charge in [0.05, 0.1) is 17.8 Å². The summed E-state index contributed by atoms with van der Waals surface area (Å²) in [4.78, 5) is 0. The van der Waals surface area contributed by atoms with E-state index >= 15 is 0 Å². The molecular formula is C14H21F2NO2. The quantitative estimate of drug-likeness (QED) is 0.748. The molecule has 0 saturated carbocycles. The van der Waals surface area contributed by atoms with Crippen LogP contribution >= 0.6 is 0 Å². The van der Waals surface area contributed by atoms with Gasteiger partial charge in [0, 0.05) is 13.7 Å². The summed E-state index contributed by atoms with van der Waals surface area (Å²) in [5.41, 5.74) is -1.48. The van der Waals surface area contributed by atoms with Gasteiger partial charge in [0.2, 0.25) is 0 Å². The number of hydrogen-bond acceptors (Lipinski definition) is 3. The predicted octanol–water partition coefficient (Wildman–Crippen LogP) is 2.11. The molecule has 0 radical (unpaired) electrons. The van der Waals surface area contributed by atoms with Crippen LogP contribution in [0.5, 0.6) is 0 Å². The summed E-state index contributed by atoms with van der Waals surface area (Å²) in [6.07, 6.45) is 0.216. The highest BCUT2D eigenvalue weighted by Gasteiger charge is 2.30. The van der Waals surface area contributed by atoms with Crippen LogP contribution in [0.25, 0.3) is 0 Å². The summed E-state index contributed by atoms with van der Waals surface area (Å²) in [6.45, 7) is 4.60. The Hall–Kier alpha value is -1.04. The van der Waals surface area contributed by atoms with Crippen molar-refractivity contribution in [3.63, 3.8) is 0 Å². The minimum absolute atomic E-state index is 0.216. The molecule has 0 bridgehead atoms. The van der Waals surface area contributed by atoms with Crippen molar-refractivity contribution in [2.24, 2.45) is 0 Å². The maximum atomic E-state index is 13.9. The number of rotatable bonds is 7. The summed E-state index contributed by atoms with van der Waals surface area (Å²) >= 11 is 0. The van der Waals surface area contributed by atoms with E-state index in [1.807, 2.05) is 0 Å². The van der Waals surface area contributed by atoms with Crippen molar-refractivity contribution < 1.29 is 18.6 Å². The number of aliphatic hydroxyl groups is 1. The average Bonchev–Trinajstić information content (AvgIpc) is 2.34. The second kappa shape index (κ2) is 6.93. The molecule has 108 valence electrons. The van der Waals surface area contributed by atoms with Crippen LogP contribution in [0.15, 0.2) is 12.1 Å². The number of hydrogen-bond donors (Lipinski definition) is 2. The van der Waals surface area contributed by atoms with E-state index in [1.54, 1.807) is 14.0 Å². The van der Waals surface area contributed by atoms with Gasteiger partial charge >= 0.3 is 0 Å². The normalized spacial score (nSPS) is 14.4. The van der Waals surface area contributed by atoms with Crippen molar-refractivity contribution in [1.29, 1.82) is 0 Å². The van der Waals surface area contributed by atoms with Crippen molar-refractivity contribution in [2.45, 2.75) is 25.9 Å². The molecule has 0 heterocycles. The van der Waals surface area contributed by atoms with E-state index in [0.29, 0.717) is 25.3 Å². The molecule has 0 aliphatic rings. The average molecular weight is 273 g/mol. The molecule has 1 rings (SSSR count). The van der Waals surface area contributed by atoms with E-state index in [4.69, 9.17) is 4.74 Å². The number of aryl methyl sites for hydroxylation is 1. The first-order valence-electron chi connectivity index (χ1n) is 6.27. The number of methoxy groups -OCH3 is 1. The van der Waals surface area contributed by atoms with Crippen molar-refractivity contribution in [1.82, 2.24) is 5.32 Å². The fraction of sp³-hybridized carbons (Fsp3) is 0.571. The minimum atomic E-state index is -1.54. The van der Waals surface area contributed by atoms with Crippen molar-refractivity contribution in [3.8, 4) is 0 Å². The molecule has 0 aromatic heterocycles. The van der Waals surface area contributed by atoms with Crippen LogP contribution in [0.3, 0.4) is 0 Å². The Labute approximate surface area is 112 Å². The molecular weight excluding hydrogens is 252 g/mol. The summed E-state index contributed by atoms with van der Waals surface area (Å²) in [5.74, 6) is -1.40. The maximum Gasteiger partial charge on any atom is 0.135 e. The summed E-state index contributed by atoms with van der Waals surface area (Å²) in [7, 11) is 1.59. The van der Waals surface area contributed by atoms with Crippen LogP contribution in [0.2, 0.25) is 0 Å². The fourth-order valence-corrected chi connectivity index (χ4v) is 1.91. The molecule has 1 aromatic rings. The Morgan fingerprint density at radius 3 is 2.63 bits per heavy atom. The van der Waals surface area contributed by atoms with Gasteiger partial charge in [0.1, 0.15) is 11.6 Å². The lowest BCUT2D eigenvalue weighted by atomic mass is 9.90. The smallest absolute Gasteiger partial charge is 0.135 e. The SMILES string of the molecule is COCCNCCC(C)(O)c1c(F)ccc(C)c1F. The second-order valence-electron chi connectivity index (χ2n) is 4.82.